The van der Waals surface area contributed by atoms with Gasteiger partial charge in [-0.05, 0) is 77.0 Å². The molecule has 12 unspecified atom stereocenters. The number of amides is 1. The first-order valence-electron chi connectivity index (χ1n) is 26.3. The highest BCUT2D eigenvalue weighted by Crippen LogP contribution is 2.30. The van der Waals surface area contributed by atoms with Crippen molar-refractivity contribution in [3.63, 3.8) is 0 Å². The van der Waals surface area contributed by atoms with E-state index in [4.69, 9.17) is 18.9 Å². The Morgan fingerprint density at radius 1 is 0.536 bits per heavy atom. The molecule has 0 radical (unpaired) electrons. The van der Waals surface area contributed by atoms with E-state index in [0.717, 1.165) is 77.0 Å². The molecular weight excluding hydrogens is 883 g/mol. The van der Waals surface area contributed by atoms with Crippen molar-refractivity contribution in [1.29, 1.82) is 0 Å². The Balaban J connectivity index is 1.85. The zero-order valence-corrected chi connectivity index (χ0v) is 42.0. The van der Waals surface area contributed by atoms with E-state index < -0.39 is 86.8 Å². The first kappa shape index (κ1) is 62.3. The molecule has 0 aromatic carbocycles. The number of carbonyl (C=O) groups excluding carboxylic acids is 1. The summed E-state index contributed by atoms with van der Waals surface area (Å²) in [5.41, 5.74) is 0. The van der Waals surface area contributed by atoms with E-state index in [2.05, 4.69) is 92.1 Å². The summed E-state index contributed by atoms with van der Waals surface area (Å²) in [5.74, 6) is -0.273. The molecule has 0 aromatic heterocycles. The molecule has 69 heavy (non-hydrogen) atoms. The lowest BCUT2D eigenvalue weighted by atomic mass is 9.97. The number of aliphatic hydroxyl groups is 8. The molecule has 0 spiro atoms. The lowest BCUT2D eigenvalue weighted by molar-refractivity contribution is -0.359. The molecule has 2 heterocycles. The van der Waals surface area contributed by atoms with E-state index in [0.29, 0.717) is 12.8 Å². The number of ether oxygens (including phenoxy) is 4. The average molecular weight is 976 g/mol. The summed E-state index contributed by atoms with van der Waals surface area (Å²) in [6.45, 7) is 2.61. The van der Waals surface area contributed by atoms with Crippen molar-refractivity contribution in [2.75, 3.05) is 19.8 Å². The van der Waals surface area contributed by atoms with Crippen LogP contribution in [0.4, 0.5) is 0 Å². The first-order valence-corrected chi connectivity index (χ1v) is 26.3. The van der Waals surface area contributed by atoms with Crippen LogP contribution in [0, 0.1) is 0 Å². The predicted molar refractivity (Wildman–Crippen MR) is 272 cm³/mol. The van der Waals surface area contributed by atoms with Crippen LogP contribution < -0.4 is 5.32 Å². The molecule has 2 rings (SSSR count). The Kier molecular flexibility index (Phi) is 36.8. The van der Waals surface area contributed by atoms with Crippen LogP contribution in [-0.4, -0.2) is 140 Å². The highest BCUT2D eigenvalue weighted by Gasteiger charge is 2.51. The number of unbranched alkanes of at least 4 members (excludes halogenated alkanes) is 14. The standard InChI is InChI=1S/C55H93NO13/c1-3-5-7-9-11-13-15-17-19-20-21-22-23-24-25-27-29-31-33-35-37-39-47(60)56-43(44(59)38-36-34-32-30-28-26-18-16-14-12-10-8-6-4-2)42-66-54-52(65)50(63)53(46(41-58)68-54)69-55-51(64)49(62)48(61)45(40-57)67-55/h5,7,11,13,17,19,21-22,24-25,28,30,36,38,43-46,48-55,57-59,61-65H,3-4,6,8-10,12,14-16,18,20,23,26-27,29,31-35,37,39-42H2,1-2H3,(H,56,60)/b7-5-,13-11-,19-17-,22-21-,25-24-,30-28+,38-36+. The van der Waals surface area contributed by atoms with Gasteiger partial charge in [-0.25, -0.2) is 0 Å². The SMILES string of the molecule is CC/C=C\C/C=C\C/C=C\C/C=C\C/C=C\CCCCCCCC(=O)NC(COC1OC(CO)C(OC2OC(CO)C(O)C(O)C2O)C(O)C1O)C(O)/C=C/CC/C=C/CCCCCCCCCC. The molecule has 1 amide bonds. The molecule has 396 valence electrons. The number of nitrogens with one attached hydrogen (secondary N) is 1. The van der Waals surface area contributed by atoms with Gasteiger partial charge in [-0.3, -0.25) is 4.79 Å². The zero-order valence-electron chi connectivity index (χ0n) is 42.0. The summed E-state index contributed by atoms with van der Waals surface area (Å²) in [6, 6.07) is -0.946. The van der Waals surface area contributed by atoms with Crippen molar-refractivity contribution in [3.05, 3.63) is 85.1 Å². The summed E-state index contributed by atoms with van der Waals surface area (Å²) >= 11 is 0. The quantitative estimate of drug-likeness (QED) is 0.0217. The molecule has 0 saturated carbocycles. The molecule has 2 fully saturated rings. The van der Waals surface area contributed by atoms with Gasteiger partial charge in [0.25, 0.3) is 0 Å². The van der Waals surface area contributed by atoms with Crippen molar-refractivity contribution >= 4 is 5.91 Å². The second-order valence-corrected chi connectivity index (χ2v) is 18.3. The van der Waals surface area contributed by atoms with Gasteiger partial charge in [0.1, 0.15) is 48.8 Å². The van der Waals surface area contributed by atoms with Gasteiger partial charge in [0.05, 0.1) is 32.0 Å². The van der Waals surface area contributed by atoms with Crippen LogP contribution >= 0.6 is 0 Å². The fraction of sp³-hybridized carbons (Fsp3) is 0.727. The van der Waals surface area contributed by atoms with Crippen molar-refractivity contribution in [2.24, 2.45) is 0 Å². The second kappa shape index (κ2) is 40.7. The normalized spacial score (nSPS) is 26.9. The van der Waals surface area contributed by atoms with Gasteiger partial charge < -0.3 is 65.1 Å². The molecule has 2 saturated heterocycles. The van der Waals surface area contributed by atoms with E-state index in [1.165, 1.54) is 51.4 Å². The van der Waals surface area contributed by atoms with Gasteiger partial charge >= 0.3 is 0 Å². The summed E-state index contributed by atoms with van der Waals surface area (Å²) in [4.78, 5) is 13.2. The van der Waals surface area contributed by atoms with E-state index >= 15 is 0 Å². The summed E-state index contributed by atoms with van der Waals surface area (Å²) < 4.78 is 22.7. The minimum absolute atomic E-state index is 0.246. The molecule has 0 aliphatic carbocycles. The average Bonchev–Trinajstić information content (AvgIpc) is 3.35. The van der Waals surface area contributed by atoms with Crippen LogP contribution in [-0.2, 0) is 23.7 Å². The molecule has 2 aliphatic heterocycles. The van der Waals surface area contributed by atoms with Crippen LogP contribution in [0.2, 0.25) is 0 Å². The van der Waals surface area contributed by atoms with E-state index in [1.807, 2.05) is 6.08 Å². The highest BCUT2D eigenvalue weighted by atomic mass is 16.7. The van der Waals surface area contributed by atoms with E-state index in [-0.39, 0.29) is 18.9 Å². The lowest BCUT2D eigenvalue weighted by Crippen LogP contribution is -2.65. The smallest absolute Gasteiger partial charge is 0.220 e. The van der Waals surface area contributed by atoms with E-state index in [9.17, 15) is 45.6 Å². The van der Waals surface area contributed by atoms with Crippen molar-refractivity contribution in [3.8, 4) is 0 Å². The number of hydrogen-bond acceptors (Lipinski definition) is 13. The zero-order chi connectivity index (χ0) is 50.3. The Labute approximate surface area is 414 Å². The minimum Gasteiger partial charge on any atom is -0.394 e. The van der Waals surface area contributed by atoms with Crippen molar-refractivity contribution < 1.29 is 64.6 Å². The number of hydrogen-bond donors (Lipinski definition) is 9. The topological polar surface area (TPSA) is 228 Å². The highest BCUT2D eigenvalue weighted by molar-refractivity contribution is 5.76. The van der Waals surface area contributed by atoms with Crippen molar-refractivity contribution in [2.45, 2.75) is 235 Å². The molecular formula is C55H93NO13. The van der Waals surface area contributed by atoms with Gasteiger partial charge in [0, 0.05) is 6.42 Å². The molecule has 0 aromatic rings. The Morgan fingerprint density at radius 3 is 1.59 bits per heavy atom. The summed E-state index contributed by atoms with van der Waals surface area (Å²) in [7, 11) is 0. The maximum atomic E-state index is 13.2. The van der Waals surface area contributed by atoms with Gasteiger partial charge in [-0.1, -0.05) is 163 Å². The Hall–Kier alpha value is -2.83. The van der Waals surface area contributed by atoms with Crippen LogP contribution in [0.5, 0.6) is 0 Å². The Bertz CT molecular complexity index is 1480. The Morgan fingerprint density at radius 2 is 1.01 bits per heavy atom. The number of rotatable bonds is 39. The first-order chi connectivity index (χ1) is 33.6. The molecule has 0 bridgehead atoms. The monoisotopic (exact) mass is 976 g/mol. The van der Waals surface area contributed by atoms with Crippen LogP contribution in [0.25, 0.3) is 0 Å². The van der Waals surface area contributed by atoms with Gasteiger partial charge in [0.15, 0.2) is 12.6 Å². The molecule has 14 heteroatoms. The third kappa shape index (κ3) is 27.5. The number of allylic oxidation sites excluding steroid dienone is 13. The van der Waals surface area contributed by atoms with Crippen LogP contribution in [0.15, 0.2) is 85.1 Å². The lowest BCUT2D eigenvalue weighted by Gasteiger charge is -2.46. The van der Waals surface area contributed by atoms with E-state index in [1.54, 1.807) is 6.08 Å². The molecule has 14 nitrogen and oxygen atoms in total. The van der Waals surface area contributed by atoms with Gasteiger partial charge in [0.2, 0.25) is 5.91 Å². The molecule has 2 aliphatic rings. The predicted octanol–water partition coefficient (Wildman–Crippen LogP) is 7.38. The third-order valence-corrected chi connectivity index (χ3v) is 12.3. The van der Waals surface area contributed by atoms with Gasteiger partial charge in [-0.2, -0.15) is 0 Å². The fourth-order valence-corrected chi connectivity index (χ4v) is 8.04. The number of aliphatic hydroxyl groups excluding tert-OH is 8. The number of carbonyl (C=O) groups is 1. The van der Waals surface area contributed by atoms with Crippen LogP contribution in [0.3, 0.4) is 0 Å². The summed E-state index contributed by atoms with van der Waals surface area (Å²) in [5, 5.41) is 86.8. The van der Waals surface area contributed by atoms with Gasteiger partial charge in [-0.15, -0.1) is 0 Å². The second-order valence-electron chi connectivity index (χ2n) is 18.3. The van der Waals surface area contributed by atoms with Crippen LogP contribution in [0.1, 0.15) is 162 Å². The summed E-state index contributed by atoms with van der Waals surface area (Å²) in [6.07, 6.45) is 36.2. The molecule has 12 atom stereocenters. The maximum absolute atomic E-state index is 13.2. The fourth-order valence-electron chi connectivity index (χ4n) is 8.04. The largest absolute Gasteiger partial charge is 0.394 e. The minimum atomic E-state index is -1.80. The maximum Gasteiger partial charge on any atom is 0.220 e. The third-order valence-electron chi connectivity index (χ3n) is 12.3. The van der Waals surface area contributed by atoms with Crippen molar-refractivity contribution in [1.82, 2.24) is 5.32 Å². The molecule has 9 N–H and O–H groups in total.